The van der Waals surface area contributed by atoms with Crippen LogP contribution in [0.1, 0.15) is 175 Å². The summed E-state index contributed by atoms with van der Waals surface area (Å²) in [4.78, 5) is 0. The molecule has 0 unspecified atom stereocenters. The minimum absolute atomic E-state index is 0.100. The molecule has 1 N–H and O–H groups in total. The molecule has 0 aromatic carbocycles. The third kappa shape index (κ3) is 33.7. The molecule has 0 saturated heterocycles. The van der Waals surface area contributed by atoms with Crippen molar-refractivity contribution in [2.75, 3.05) is 33.5 Å². The normalized spacial score (nSPS) is 12.7. The lowest BCUT2D eigenvalue weighted by atomic mass is 10.1. The highest BCUT2D eigenvalue weighted by Crippen LogP contribution is 2.12. The standard InChI is InChI=1S/C41H77NO2/c1-5-7-9-11-13-15-17-19-21-23-25-27-29-31-33-35-37-43-39-41(3,42-4)40-44-38-36-34-32-30-28-26-24-22-20-18-16-14-12-10-8-6-2/h13-16,19-22,42H,5-12,17-18,23-40H2,1-4H3/b15-13-,16-14-,21-19-,22-20-. The van der Waals surface area contributed by atoms with Gasteiger partial charge in [-0.15, -0.1) is 0 Å². The van der Waals surface area contributed by atoms with Crippen LogP contribution in [0.25, 0.3) is 0 Å². The maximum atomic E-state index is 6.03. The number of nitrogens with one attached hydrogen (secondary N) is 1. The zero-order valence-corrected chi connectivity index (χ0v) is 30.2. The average Bonchev–Trinajstić information content (AvgIpc) is 3.03. The van der Waals surface area contributed by atoms with E-state index in [0.29, 0.717) is 13.2 Å². The molecule has 0 spiro atoms. The SMILES string of the molecule is CCCCC/C=C\C/C=C\CCCCCCCCOCC(C)(COCCCCCCCC/C=C\C/C=C\CCCCC)NC. The summed E-state index contributed by atoms with van der Waals surface area (Å²) in [7, 11) is 2.02. The van der Waals surface area contributed by atoms with Crippen molar-refractivity contribution in [3.8, 4) is 0 Å². The second-order valence-corrected chi connectivity index (χ2v) is 13.1. The van der Waals surface area contributed by atoms with Gasteiger partial charge in [-0.1, -0.05) is 140 Å². The van der Waals surface area contributed by atoms with Crippen molar-refractivity contribution in [2.45, 2.75) is 180 Å². The summed E-state index contributed by atoms with van der Waals surface area (Å²) in [5.74, 6) is 0. The first-order chi connectivity index (χ1) is 21.7. The molecule has 0 saturated carbocycles. The zero-order chi connectivity index (χ0) is 32.1. The fourth-order valence-corrected chi connectivity index (χ4v) is 5.17. The quantitative estimate of drug-likeness (QED) is 0.0568. The van der Waals surface area contributed by atoms with Gasteiger partial charge >= 0.3 is 0 Å². The van der Waals surface area contributed by atoms with Gasteiger partial charge < -0.3 is 14.8 Å². The van der Waals surface area contributed by atoms with Crippen LogP contribution in [0, 0.1) is 0 Å². The van der Waals surface area contributed by atoms with Gasteiger partial charge in [0.25, 0.3) is 0 Å². The molecule has 3 nitrogen and oxygen atoms in total. The van der Waals surface area contributed by atoms with Gasteiger partial charge in [0.15, 0.2) is 0 Å². The van der Waals surface area contributed by atoms with Gasteiger partial charge in [0.1, 0.15) is 0 Å². The number of allylic oxidation sites excluding steroid dienone is 8. The Morgan fingerprint density at radius 1 is 0.432 bits per heavy atom. The summed E-state index contributed by atoms with van der Waals surface area (Å²) < 4.78 is 12.1. The molecule has 0 fully saturated rings. The Kier molecular flexibility index (Phi) is 35.4. The topological polar surface area (TPSA) is 30.5 Å². The Balaban J connectivity index is 3.49. The summed E-state index contributed by atoms with van der Waals surface area (Å²) in [6, 6.07) is 0. The minimum atomic E-state index is -0.100. The molecule has 0 aromatic rings. The van der Waals surface area contributed by atoms with Gasteiger partial charge in [0, 0.05) is 13.2 Å². The molecule has 0 bridgehead atoms. The summed E-state index contributed by atoms with van der Waals surface area (Å²) in [5.41, 5.74) is -0.100. The van der Waals surface area contributed by atoms with Gasteiger partial charge in [-0.05, 0) is 91.0 Å². The van der Waals surface area contributed by atoms with Crippen molar-refractivity contribution in [3.63, 3.8) is 0 Å². The molecular formula is C41H77NO2. The maximum absolute atomic E-state index is 6.03. The second kappa shape index (κ2) is 36.3. The fourth-order valence-electron chi connectivity index (χ4n) is 5.17. The van der Waals surface area contributed by atoms with Crippen molar-refractivity contribution < 1.29 is 9.47 Å². The van der Waals surface area contributed by atoms with E-state index in [0.717, 1.165) is 38.9 Å². The highest BCUT2D eigenvalue weighted by Gasteiger charge is 2.22. The minimum Gasteiger partial charge on any atom is -0.379 e. The fraction of sp³-hybridized carbons (Fsp3) is 0.805. The van der Waals surface area contributed by atoms with Crippen LogP contribution in [0.15, 0.2) is 48.6 Å². The van der Waals surface area contributed by atoms with Gasteiger partial charge in [-0.3, -0.25) is 0 Å². The highest BCUT2D eigenvalue weighted by molar-refractivity contribution is 4.93. The molecule has 0 atom stereocenters. The van der Waals surface area contributed by atoms with E-state index in [2.05, 4.69) is 74.7 Å². The Hall–Kier alpha value is -1.16. The monoisotopic (exact) mass is 616 g/mol. The van der Waals surface area contributed by atoms with Crippen LogP contribution in [0.3, 0.4) is 0 Å². The Morgan fingerprint density at radius 2 is 0.750 bits per heavy atom. The molecule has 0 rings (SSSR count). The predicted octanol–water partition coefficient (Wildman–Crippen LogP) is 12.6. The van der Waals surface area contributed by atoms with Crippen molar-refractivity contribution >= 4 is 0 Å². The predicted molar refractivity (Wildman–Crippen MR) is 198 cm³/mol. The number of ether oxygens (including phenoxy) is 2. The van der Waals surface area contributed by atoms with Crippen molar-refractivity contribution in [3.05, 3.63) is 48.6 Å². The van der Waals surface area contributed by atoms with Gasteiger partial charge in [-0.25, -0.2) is 0 Å². The first kappa shape index (κ1) is 42.8. The second-order valence-electron chi connectivity index (χ2n) is 13.1. The summed E-state index contributed by atoms with van der Waals surface area (Å²) >= 11 is 0. The van der Waals surface area contributed by atoms with E-state index in [1.165, 1.54) is 128 Å². The van der Waals surface area contributed by atoms with E-state index in [9.17, 15) is 0 Å². The van der Waals surface area contributed by atoms with Crippen LogP contribution < -0.4 is 5.32 Å². The molecule has 0 aliphatic carbocycles. The smallest absolute Gasteiger partial charge is 0.0668 e. The summed E-state index contributed by atoms with van der Waals surface area (Å²) in [5, 5.41) is 3.42. The van der Waals surface area contributed by atoms with Crippen LogP contribution in [-0.2, 0) is 9.47 Å². The lowest BCUT2D eigenvalue weighted by molar-refractivity contribution is 0.0145. The number of likely N-dealkylation sites (N-methyl/N-ethyl adjacent to an activating group) is 1. The largest absolute Gasteiger partial charge is 0.379 e. The van der Waals surface area contributed by atoms with E-state index in [-0.39, 0.29) is 5.54 Å². The van der Waals surface area contributed by atoms with Crippen molar-refractivity contribution in [1.29, 1.82) is 0 Å². The van der Waals surface area contributed by atoms with Crippen molar-refractivity contribution in [1.82, 2.24) is 5.32 Å². The van der Waals surface area contributed by atoms with Gasteiger partial charge in [0.05, 0.1) is 18.8 Å². The lowest BCUT2D eigenvalue weighted by Crippen LogP contribution is -2.48. The van der Waals surface area contributed by atoms with E-state index in [4.69, 9.17) is 9.47 Å². The number of hydrogen-bond donors (Lipinski definition) is 1. The lowest BCUT2D eigenvalue weighted by Gasteiger charge is -2.28. The highest BCUT2D eigenvalue weighted by atomic mass is 16.5. The van der Waals surface area contributed by atoms with E-state index in [1.54, 1.807) is 0 Å². The van der Waals surface area contributed by atoms with E-state index >= 15 is 0 Å². The molecule has 0 aromatic heterocycles. The van der Waals surface area contributed by atoms with Crippen LogP contribution in [-0.4, -0.2) is 39.0 Å². The number of unbranched alkanes of at least 4 members (excludes halogenated alkanes) is 18. The van der Waals surface area contributed by atoms with E-state index < -0.39 is 0 Å². The molecule has 0 heterocycles. The zero-order valence-electron chi connectivity index (χ0n) is 30.2. The van der Waals surface area contributed by atoms with Crippen LogP contribution in [0.4, 0.5) is 0 Å². The van der Waals surface area contributed by atoms with Crippen LogP contribution in [0.2, 0.25) is 0 Å². The third-order valence-corrected chi connectivity index (χ3v) is 8.42. The average molecular weight is 616 g/mol. The summed E-state index contributed by atoms with van der Waals surface area (Å²) in [6.07, 6.45) is 49.5. The van der Waals surface area contributed by atoms with Crippen LogP contribution in [0.5, 0.6) is 0 Å². The number of rotatable bonds is 35. The maximum Gasteiger partial charge on any atom is 0.0668 e. The van der Waals surface area contributed by atoms with Gasteiger partial charge in [-0.2, -0.15) is 0 Å². The molecule has 3 heteroatoms. The molecular weight excluding hydrogens is 538 g/mol. The molecule has 0 amide bonds. The Morgan fingerprint density at radius 3 is 1.09 bits per heavy atom. The Labute approximate surface area is 276 Å². The molecule has 258 valence electrons. The third-order valence-electron chi connectivity index (χ3n) is 8.42. The first-order valence-electron chi connectivity index (χ1n) is 19.1. The molecule has 0 radical (unpaired) electrons. The molecule has 0 aliphatic heterocycles. The van der Waals surface area contributed by atoms with Crippen molar-refractivity contribution in [2.24, 2.45) is 0 Å². The van der Waals surface area contributed by atoms with Gasteiger partial charge in [0.2, 0.25) is 0 Å². The Bertz CT molecular complexity index is 614. The summed E-state index contributed by atoms with van der Waals surface area (Å²) in [6.45, 7) is 9.89. The molecule has 0 aliphatic rings. The molecule has 44 heavy (non-hydrogen) atoms. The first-order valence-corrected chi connectivity index (χ1v) is 19.1. The van der Waals surface area contributed by atoms with E-state index in [1.807, 2.05) is 7.05 Å². The van der Waals surface area contributed by atoms with Crippen LogP contribution >= 0.6 is 0 Å². The number of hydrogen-bond acceptors (Lipinski definition) is 3.